The van der Waals surface area contributed by atoms with Crippen LogP contribution in [0.1, 0.15) is 27.2 Å². The van der Waals surface area contributed by atoms with E-state index >= 15 is 0 Å². The van der Waals surface area contributed by atoms with E-state index in [1.807, 2.05) is 0 Å². The molecule has 1 aliphatic rings. The minimum absolute atomic E-state index is 0.227. The number of hydrogen-bond donors (Lipinski definition) is 2. The molecule has 0 aliphatic carbocycles. The molecule has 1 atom stereocenters. The predicted molar refractivity (Wildman–Crippen MR) is 122 cm³/mol. The van der Waals surface area contributed by atoms with Crippen LogP contribution >= 0.6 is 0 Å². The van der Waals surface area contributed by atoms with Gasteiger partial charge in [0, 0.05) is 18.3 Å². The van der Waals surface area contributed by atoms with Crippen molar-refractivity contribution >= 4 is 29.3 Å². The maximum absolute atomic E-state index is 12.7. The molecule has 1 unspecified atom stereocenters. The lowest BCUT2D eigenvalue weighted by Gasteiger charge is -2.39. The predicted octanol–water partition coefficient (Wildman–Crippen LogP) is 3.26. The number of imidazole rings is 1. The van der Waals surface area contributed by atoms with Gasteiger partial charge in [-0.1, -0.05) is 0 Å². The zero-order chi connectivity index (χ0) is 26.3. The van der Waals surface area contributed by atoms with Gasteiger partial charge in [-0.3, -0.25) is 9.69 Å². The van der Waals surface area contributed by atoms with Gasteiger partial charge in [-0.2, -0.15) is 13.2 Å². The number of amides is 2. The summed E-state index contributed by atoms with van der Waals surface area (Å²) in [6, 6.07) is 2.60. The number of nitrogen functional groups attached to an aromatic ring is 1. The van der Waals surface area contributed by atoms with Gasteiger partial charge in [-0.15, -0.1) is 0 Å². The monoisotopic (exact) mass is 507 g/mol. The summed E-state index contributed by atoms with van der Waals surface area (Å²) in [6.45, 7) is 4.11. The van der Waals surface area contributed by atoms with Gasteiger partial charge < -0.3 is 24.9 Å². The van der Waals surface area contributed by atoms with E-state index in [2.05, 4.69) is 25.0 Å². The third-order valence-electron chi connectivity index (χ3n) is 5.09. The second-order valence-electron chi connectivity index (χ2n) is 9.13. The first kappa shape index (κ1) is 25.0. The highest BCUT2D eigenvalue weighted by molar-refractivity contribution is 5.97. The highest BCUT2D eigenvalue weighted by Gasteiger charge is 2.40. The van der Waals surface area contributed by atoms with E-state index in [4.69, 9.17) is 10.5 Å². The average molecular weight is 507 g/mol. The molecule has 192 valence electrons. The van der Waals surface area contributed by atoms with Gasteiger partial charge in [-0.05, 0) is 39.3 Å². The zero-order valence-corrected chi connectivity index (χ0v) is 19.7. The molecule has 3 aromatic rings. The number of fused-ring (bicyclic) bond motifs is 1. The molecule has 3 aromatic heterocycles. The molecule has 11 nitrogen and oxygen atoms in total. The van der Waals surface area contributed by atoms with Crippen molar-refractivity contribution in [3.05, 3.63) is 30.7 Å². The van der Waals surface area contributed by atoms with Gasteiger partial charge in [0.05, 0.1) is 18.1 Å². The first-order valence-electron chi connectivity index (χ1n) is 10.9. The summed E-state index contributed by atoms with van der Waals surface area (Å²) < 4.78 is 49.1. The molecule has 0 bridgehead atoms. The number of nitrogens with one attached hydrogen (secondary N) is 1. The standard InChI is InChI=1S/C22H24F3N7O4/c1-21(2,3)36-20(34)32-7-6-14(32)18(33)30-15-10-31-9-12(4-5-16(31)29-15)13-8-27-17(26)19(28-13)35-11-22(23,24)25/h4-5,8-10,14H,6-7,11H2,1-3H3,(H2,26,27)(H,30,33). The third kappa shape index (κ3) is 5.75. The SMILES string of the molecule is CC(C)(C)OC(=O)N1CCC1C(=O)Nc1cn2cc(-c3cnc(N)c(OCC(F)(F)F)n3)ccc2n1. The number of nitrogens with two attached hydrogens (primary N) is 1. The normalized spacial score (nSPS) is 15.9. The number of pyridine rings is 1. The Morgan fingerprint density at radius 2 is 1.94 bits per heavy atom. The van der Waals surface area contributed by atoms with Crippen LogP contribution in [0.2, 0.25) is 0 Å². The number of rotatable bonds is 5. The number of carbonyl (C=O) groups excluding carboxylic acids is 2. The number of nitrogens with zero attached hydrogens (tertiary/aromatic N) is 5. The van der Waals surface area contributed by atoms with E-state index in [1.165, 1.54) is 11.1 Å². The van der Waals surface area contributed by atoms with Crippen LogP contribution in [0.3, 0.4) is 0 Å². The lowest BCUT2D eigenvalue weighted by molar-refractivity contribution is -0.154. The molecule has 1 aliphatic heterocycles. The largest absolute Gasteiger partial charge is 0.465 e. The van der Waals surface area contributed by atoms with Crippen molar-refractivity contribution in [1.29, 1.82) is 0 Å². The smallest absolute Gasteiger partial charge is 0.422 e. The van der Waals surface area contributed by atoms with Crippen LogP contribution in [0.25, 0.3) is 16.9 Å². The van der Waals surface area contributed by atoms with Crippen LogP contribution in [0.4, 0.5) is 29.6 Å². The van der Waals surface area contributed by atoms with E-state index in [0.717, 1.165) is 0 Å². The van der Waals surface area contributed by atoms with Crippen LogP contribution in [0.5, 0.6) is 5.88 Å². The average Bonchev–Trinajstić information content (AvgIpc) is 3.11. The molecule has 0 radical (unpaired) electrons. The number of carbonyl (C=O) groups is 2. The summed E-state index contributed by atoms with van der Waals surface area (Å²) in [5, 5.41) is 2.70. The maximum Gasteiger partial charge on any atom is 0.422 e. The summed E-state index contributed by atoms with van der Waals surface area (Å²) in [4.78, 5) is 38.6. The van der Waals surface area contributed by atoms with Gasteiger partial charge in [0.15, 0.2) is 18.2 Å². The van der Waals surface area contributed by atoms with Crippen molar-refractivity contribution in [3.8, 4) is 17.1 Å². The van der Waals surface area contributed by atoms with Gasteiger partial charge in [0.2, 0.25) is 5.91 Å². The molecule has 4 rings (SSSR count). The van der Waals surface area contributed by atoms with Crippen molar-refractivity contribution < 1.29 is 32.2 Å². The second kappa shape index (κ2) is 9.17. The molecule has 0 saturated carbocycles. The Morgan fingerprint density at radius 1 is 1.19 bits per heavy atom. The lowest BCUT2D eigenvalue weighted by Crippen LogP contribution is -2.57. The quantitative estimate of drug-likeness (QED) is 0.537. The summed E-state index contributed by atoms with van der Waals surface area (Å²) in [6.07, 6.45) is -0.141. The molecule has 14 heteroatoms. The lowest BCUT2D eigenvalue weighted by atomic mass is 10.0. The number of ether oxygens (including phenoxy) is 2. The van der Waals surface area contributed by atoms with E-state index in [-0.39, 0.29) is 17.3 Å². The van der Waals surface area contributed by atoms with Crippen molar-refractivity contribution in [2.24, 2.45) is 0 Å². The van der Waals surface area contributed by atoms with Crippen LogP contribution < -0.4 is 15.8 Å². The van der Waals surface area contributed by atoms with E-state index in [0.29, 0.717) is 24.2 Å². The Labute approximate surface area is 203 Å². The highest BCUT2D eigenvalue weighted by Crippen LogP contribution is 2.26. The fourth-order valence-corrected chi connectivity index (χ4v) is 3.39. The molecule has 36 heavy (non-hydrogen) atoms. The molecule has 1 fully saturated rings. The molecule has 4 heterocycles. The minimum Gasteiger partial charge on any atom is -0.465 e. The van der Waals surface area contributed by atoms with E-state index < -0.39 is 42.3 Å². The van der Waals surface area contributed by atoms with Crippen molar-refractivity contribution in [1.82, 2.24) is 24.3 Å². The Morgan fingerprint density at radius 3 is 2.58 bits per heavy atom. The van der Waals surface area contributed by atoms with E-state index in [1.54, 1.807) is 49.7 Å². The number of likely N-dealkylation sites (tertiary alicyclic amines) is 1. The minimum atomic E-state index is -4.55. The second-order valence-corrected chi connectivity index (χ2v) is 9.13. The van der Waals surface area contributed by atoms with Crippen LogP contribution in [0.15, 0.2) is 30.7 Å². The first-order valence-corrected chi connectivity index (χ1v) is 10.9. The summed E-state index contributed by atoms with van der Waals surface area (Å²) in [7, 11) is 0. The van der Waals surface area contributed by atoms with E-state index in [9.17, 15) is 22.8 Å². The summed E-state index contributed by atoms with van der Waals surface area (Å²) >= 11 is 0. The molecule has 0 spiro atoms. The fraction of sp³-hybridized carbons (Fsp3) is 0.409. The number of alkyl halides is 3. The van der Waals surface area contributed by atoms with Crippen molar-refractivity contribution in [2.75, 3.05) is 24.2 Å². The molecular formula is C22H24F3N7O4. The fourth-order valence-electron chi connectivity index (χ4n) is 3.39. The highest BCUT2D eigenvalue weighted by atomic mass is 19.4. The molecular weight excluding hydrogens is 483 g/mol. The van der Waals surface area contributed by atoms with Gasteiger partial charge in [0.1, 0.15) is 17.3 Å². The molecule has 2 amide bonds. The van der Waals surface area contributed by atoms with Crippen LogP contribution in [-0.2, 0) is 9.53 Å². The number of halogens is 3. The topological polar surface area (TPSA) is 137 Å². The Balaban J connectivity index is 1.47. The summed E-state index contributed by atoms with van der Waals surface area (Å²) in [5.41, 5.74) is 6.12. The van der Waals surface area contributed by atoms with Gasteiger partial charge >= 0.3 is 12.3 Å². The Kier molecular flexibility index (Phi) is 6.37. The molecule has 0 aromatic carbocycles. The maximum atomic E-state index is 12.7. The number of hydrogen-bond acceptors (Lipinski definition) is 8. The van der Waals surface area contributed by atoms with Crippen LogP contribution in [0, 0.1) is 0 Å². The summed E-state index contributed by atoms with van der Waals surface area (Å²) in [5.74, 6) is -0.843. The number of anilines is 2. The Bertz CT molecular complexity index is 1300. The number of aromatic nitrogens is 4. The zero-order valence-electron chi connectivity index (χ0n) is 19.7. The first-order chi connectivity index (χ1) is 16.8. The van der Waals surface area contributed by atoms with Crippen LogP contribution in [-0.4, -0.2) is 67.2 Å². The van der Waals surface area contributed by atoms with Gasteiger partial charge in [0.25, 0.3) is 5.88 Å². The van der Waals surface area contributed by atoms with Crippen molar-refractivity contribution in [3.63, 3.8) is 0 Å². The third-order valence-corrected chi connectivity index (χ3v) is 5.09. The van der Waals surface area contributed by atoms with Gasteiger partial charge in [-0.25, -0.2) is 19.7 Å². The molecule has 1 saturated heterocycles. The molecule has 3 N–H and O–H groups in total. The Hall–Kier alpha value is -4.10. The van der Waals surface area contributed by atoms with Crippen molar-refractivity contribution in [2.45, 2.75) is 45.0 Å².